The largest absolute Gasteiger partial charge is 0.481 e. The van der Waals surface area contributed by atoms with E-state index in [-0.39, 0.29) is 25.4 Å². The Balaban J connectivity index is 3.42. The van der Waals surface area contributed by atoms with E-state index < -0.39 is 12.1 Å². The van der Waals surface area contributed by atoms with E-state index in [1.807, 2.05) is 0 Å². The lowest BCUT2D eigenvalue weighted by atomic mass is 10.2. The van der Waals surface area contributed by atoms with Gasteiger partial charge in [-0.2, -0.15) is 0 Å². The zero-order chi connectivity index (χ0) is 11.7. The van der Waals surface area contributed by atoms with Crippen LogP contribution in [0.2, 0.25) is 0 Å². The standard InChI is InChI=1S/C9H17NO5/c1-15-6-7(11)4-5-10-8(12)2-3-9(13)14/h7,11H,2-6H2,1H3,(H,10,12)(H,13,14). The van der Waals surface area contributed by atoms with E-state index in [1.165, 1.54) is 7.11 Å². The molecular weight excluding hydrogens is 202 g/mol. The van der Waals surface area contributed by atoms with Gasteiger partial charge in [0.25, 0.3) is 0 Å². The van der Waals surface area contributed by atoms with Gasteiger partial charge >= 0.3 is 5.97 Å². The molecule has 0 aliphatic rings. The number of hydrogen-bond donors (Lipinski definition) is 3. The number of carbonyl (C=O) groups is 2. The summed E-state index contributed by atoms with van der Waals surface area (Å²) >= 11 is 0. The van der Waals surface area contributed by atoms with Crippen molar-refractivity contribution < 1.29 is 24.5 Å². The van der Waals surface area contributed by atoms with Crippen LogP contribution in [0.1, 0.15) is 19.3 Å². The molecule has 88 valence electrons. The molecule has 0 radical (unpaired) electrons. The SMILES string of the molecule is COCC(O)CCNC(=O)CCC(=O)O. The summed E-state index contributed by atoms with van der Waals surface area (Å²) in [5, 5.41) is 20.0. The molecule has 0 aromatic carbocycles. The number of carboxylic acid groups (broad SMARTS) is 1. The van der Waals surface area contributed by atoms with Crippen molar-refractivity contribution in [1.82, 2.24) is 5.32 Å². The predicted molar refractivity (Wildman–Crippen MR) is 52.4 cm³/mol. The summed E-state index contributed by atoms with van der Waals surface area (Å²) in [4.78, 5) is 21.1. The lowest BCUT2D eigenvalue weighted by Crippen LogP contribution is -2.28. The van der Waals surface area contributed by atoms with Gasteiger partial charge in [0.15, 0.2) is 0 Å². The second-order valence-corrected chi connectivity index (χ2v) is 3.14. The van der Waals surface area contributed by atoms with Crippen LogP contribution in [0.4, 0.5) is 0 Å². The quantitative estimate of drug-likeness (QED) is 0.505. The van der Waals surface area contributed by atoms with Gasteiger partial charge in [-0.15, -0.1) is 0 Å². The number of nitrogens with one attached hydrogen (secondary N) is 1. The van der Waals surface area contributed by atoms with E-state index in [2.05, 4.69) is 5.32 Å². The molecule has 0 spiro atoms. The lowest BCUT2D eigenvalue weighted by Gasteiger charge is -2.09. The first kappa shape index (κ1) is 13.9. The molecular formula is C9H17NO5. The Morgan fingerprint density at radius 2 is 2.07 bits per heavy atom. The number of hydrogen-bond acceptors (Lipinski definition) is 4. The third-order valence-electron chi connectivity index (χ3n) is 1.72. The summed E-state index contributed by atoms with van der Waals surface area (Å²) in [5.41, 5.74) is 0. The van der Waals surface area contributed by atoms with Crippen LogP contribution in [0.25, 0.3) is 0 Å². The van der Waals surface area contributed by atoms with Crippen LogP contribution < -0.4 is 5.32 Å². The van der Waals surface area contributed by atoms with Crippen molar-refractivity contribution in [1.29, 1.82) is 0 Å². The molecule has 15 heavy (non-hydrogen) atoms. The van der Waals surface area contributed by atoms with Crippen molar-refractivity contribution in [3.63, 3.8) is 0 Å². The van der Waals surface area contributed by atoms with Gasteiger partial charge in [-0.25, -0.2) is 0 Å². The van der Waals surface area contributed by atoms with E-state index in [0.717, 1.165) is 0 Å². The van der Waals surface area contributed by atoms with Crippen LogP contribution in [-0.4, -0.2) is 48.5 Å². The third-order valence-corrected chi connectivity index (χ3v) is 1.72. The van der Waals surface area contributed by atoms with Crippen LogP contribution in [-0.2, 0) is 14.3 Å². The predicted octanol–water partition coefficient (Wildman–Crippen LogP) is -0.635. The number of ether oxygens (including phenoxy) is 1. The smallest absolute Gasteiger partial charge is 0.303 e. The van der Waals surface area contributed by atoms with Gasteiger partial charge in [-0.05, 0) is 6.42 Å². The Bertz CT molecular complexity index is 207. The van der Waals surface area contributed by atoms with Crippen LogP contribution in [0.5, 0.6) is 0 Å². The second-order valence-electron chi connectivity index (χ2n) is 3.14. The molecule has 1 atom stereocenters. The molecule has 0 saturated carbocycles. The Morgan fingerprint density at radius 1 is 1.40 bits per heavy atom. The van der Waals surface area contributed by atoms with E-state index in [9.17, 15) is 14.7 Å². The van der Waals surface area contributed by atoms with E-state index in [4.69, 9.17) is 9.84 Å². The number of aliphatic hydroxyl groups excluding tert-OH is 1. The fourth-order valence-electron chi connectivity index (χ4n) is 0.963. The van der Waals surface area contributed by atoms with Gasteiger partial charge in [0.05, 0.1) is 19.1 Å². The maximum absolute atomic E-state index is 11.0. The maximum atomic E-state index is 11.0. The van der Waals surface area contributed by atoms with Gasteiger partial charge in [-0.3, -0.25) is 9.59 Å². The molecule has 6 heteroatoms. The number of amides is 1. The van der Waals surface area contributed by atoms with Crippen molar-refractivity contribution in [2.45, 2.75) is 25.4 Å². The minimum absolute atomic E-state index is 0.0320. The molecule has 0 fully saturated rings. The zero-order valence-corrected chi connectivity index (χ0v) is 8.73. The minimum atomic E-state index is -0.996. The molecule has 0 bridgehead atoms. The van der Waals surface area contributed by atoms with Crippen LogP contribution in [0.3, 0.4) is 0 Å². The average Bonchev–Trinajstić information content (AvgIpc) is 2.15. The molecule has 1 amide bonds. The van der Waals surface area contributed by atoms with Gasteiger partial charge in [0.2, 0.25) is 5.91 Å². The number of rotatable bonds is 8. The van der Waals surface area contributed by atoms with E-state index >= 15 is 0 Å². The third kappa shape index (κ3) is 9.17. The first-order valence-corrected chi connectivity index (χ1v) is 4.71. The summed E-state index contributed by atoms with van der Waals surface area (Å²) in [6.07, 6.45) is -0.413. The number of carbonyl (C=O) groups excluding carboxylic acids is 1. The maximum Gasteiger partial charge on any atom is 0.303 e. The number of methoxy groups -OCH3 is 1. The van der Waals surface area contributed by atoms with Crippen LogP contribution in [0.15, 0.2) is 0 Å². The van der Waals surface area contributed by atoms with Crippen molar-refractivity contribution in [3.8, 4) is 0 Å². The van der Waals surface area contributed by atoms with Crippen LogP contribution >= 0.6 is 0 Å². The molecule has 0 aliphatic carbocycles. The highest BCUT2D eigenvalue weighted by Crippen LogP contribution is 1.92. The summed E-state index contributed by atoms with van der Waals surface area (Å²) in [5.74, 6) is -1.31. The van der Waals surface area contributed by atoms with Gasteiger partial charge in [0, 0.05) is 20.1 Å². The molecule has 0 saturated heterocycles. The van der Waals surface area contributed by atoms with Crippen molar-refractivity contribution in [2.24, 2.45) is 0 Å². The van der Waals surface area contributed by atoms with E-state index in [0.29, 0.717) is 13.0 Å². The first-order chi connectivity index (χ1) is 7.06. The van der Waals surface area contributed by atoms with Crippen molar-refractivity contribution in [2.75, 3.05) is 20.3 Å². The van der Waals surface area contributed by atoms with Gasteiger partial charge < -0.3 is 20.3 Å². The molecule has 0 aromatic heterocycles. The molecule has 3 N–H and O–H groups in total. The second kappa shape index (κ2) is 8.19. The summed E-state index contributed by atoms with van der Waals surface area (Å²) in [6, 6.07) is 0. The Kier molecular flexibility index (Phi) is 7.57. The molecule has 0 aliphatic heterocycles. The topological polar surface area (TPSA) is 95.9 Å². The number of aliphatic carboxylic acids is 1. The molecule has 1 unspecified atom stereocenters. The Hall–Kier alpha value is -1.14. The highest BCUT2D eigenvalue weighted by molar-refractivity contribution is 5.80. The zero-order valence-electron chi connectivity index (χ0n) is 8.73. The molecule has 0 heterocycles. The average molecular weight is 219 g/mol. The van der Waals surface area contributed by atoms with Crippen molar-refractivity contribution >= 4 is 11.9 Å². The lowest BCUT2D eigenvalue weighted by molar-refractivity contribution is -0.138. The summed E-state index contributed by atoms with van der Waals surface area (Å²) < 4.78 is 4.70. The Labute approximate surface area is 88.2 Å². The number of aliphatic hydroxyl groups is 1. The fourth-order valence-corrected chi connectivity index (χ4v) is 0.963. The Morgan fingerprint density at radius 3 is 2.60 bits per heavy atom. The molecule has 0 rings (SSSR count). The minimum Gasteiger partial charge on any atom is -0.481 e. The summed E-state index contributed by atoms with van der Waals surface area (Å²) in [7, 11) is 1.48. The first-order valence-electron chi connectivity index (χ1n) is 4.71. The highest BCUT2D eigenvalue weighted by Gasteiger charge is 2.06. The molecule has 6 nitrogen and oxygen atoms in total. The van der Waals surface area contributed by atoms with E-state index in [1.54, 1.807) is 0 Å². The monoisotopic (exact) mass is 219 g/mol. The number of carboxylic acids is 1. The summed E-state index contributed by atoms with van der Waals surface area (Å²) in [6.45, 7) is 0.550. The van der Waals surface area contributed by atoms with Crippen molar-refractivity contribution in [3.05, 3.63) is 0 Å². The van der Waals surface area contributed by atoms with Crippen LogP contribution in [0, 0.1) is 0 Å². The molecule has 0 aromatic rings. The highest BCUT2D eigenvalue weighted by atomic mass is 16.5. The normalized spacial score (nSPS) is 12.1. The van der Waals surface area contributed by atoms with Gasteiger partial charge in [-0.1, -0.05) is 0 Å². The fraction of sp³-hybridized carbons (Fsp3) is 0.778. The van der Waals surface area contributed by atoms with Gasteiger partial charge in [0.1, 0.15) is 0 Å².